The second-order valence-electron chi connectivity index (χ2n) is 10.2. The summed E-state index contributed by atoms with van der Waals surface area (Å²) in [5.41, 5.74) is 12.8. The molecule has 0 N–H and O–H groups in total. The van der Waals surface area contributed by atoms with Gasteiger partial charge in [0, 0.05) is 0 Å². The minimum Gasteiger partial charge on any atom is -0.0616 e. The van der Waals surface area contributed by atoms with E-state index in [1.54, 1.807) is 0 Å². The zero-order valence-electron chi connectivity index (χ0n) is 20.9. The summed E-state index contributed by atoms with van der Waals surface area (Å²) in [7, 11) is 0. The van der Waals surface area contributed by atoms with Crippen LogP contribution >= 0.6 is 0 Å². The van der Waals surface area contributed by atoms with Crippen molar-refractivity contribution in [3.8, 4) is 55.6 Å². The molecule has 0 nitrogen and oxygen atoms in total. The van der Waals surface area contributed by atoms with Crippen molar-refractivity contribution in [2.45, 2.75) is 0 Å². The highest BCUT2D eigenvalue weighted by atomic mass is 14.2. The first-order valence-electron chi connectivity index (χ1n) is 13.2. The zero-order valence-corrected chi connectivity index (χ0v) is 20.9. The Bertz CT molecular complexity index is 2030. The molecule has 0 fully saturated rings. The lowest BCUT2D eigenvalue weighted by Gasteiger charge is -2.11. The molecule has 0 aliphatic heterocycles. The van der Waals surface area contributed by atoms with Gasteiger partial charge in [0.15, 0.2) is 0 Å². The van der Waals surface area contributed by atoms with E-state index in [2.05, 4.69) is 146 Å². The molecule has 1 aliphatic carbocycles. The maximum absolute atomic E-state index is 2.38. The van der Waals surface area contributed by atoms with Gasteiger partial charge in [0.05, 0.1) is 0 Å². The zero-order chi connectivity index (χ0) is 25.1. The smallest absolute Gasteiger partial charge is 0.00259 e. The molecule has 0 atom stereocenters. The molecule has 0 unspecified atom stereocenters. The Morgan fingerprint density at radius 3 is 1.47 bits per heavy atom. The van der Waals surface area contributed by atoms with Crippen molar-refractivity contribution in [2.75, 3.05) is 0 Å². The minimum absolute atomic E-state index is 1.23. The van der Waals surface area contributed by atoms with Crippen LogP contribution in [0.25, 0.3) is 77.2 Å². The highest BCUT2D eigenvalue weighted by Crippen LogP contribution is 2.48. The fourth-order valence-corrected chi connectivity index (χ4v) is 6.11. The average Bonchev–Trinajstić information content (AvgIpc) is 3.32. The number of benzene rings is 7. The molecule has 0 heteroatoms. The fraction of sp³-hybridized carbons (Fsp3) is 0. The molecule has 0 radical (unpaired) electrons. The Hall–Kier alpha value is -4.94. The van der Waals surface area contributed by atoms with Crippen molar-refractivity contribution < 1.29 is 0 Å². The van der Waals surface area contributed by atoms with Crippen LogP contribution in [-0.4, -0.2) is 0 Å². The summed E-state index contributed by atoms with van der Waals surface area (Å²) >= 11 is 0. The standard InChI is InChI=1S/C38H24/c1-2-9-26-20-31(19-18-25(26)8-1)29-12-5-10-27(21-29)28-11-6-13-30(22-28)33-23-32-14-7-17-36-34-15-3-4-16-35(34)37(24-33)38(32)36/h1-24H. The second-order valence-corrected chi connectivity index (χ2v) is 10.2. The summed E-state index contributed by atoms with van der Waals surface area (Å²) in [5.74, 6) is 0. The third-order valence-corrected chi connectivity index (χ3v) is 7.96. The topological polar surface area (TPSA) is 0 Å². The van der Waals surface area contributed by atoms with Gasteiger partial charge in [-0.05, 0) is 108 Å². The van der Waals surface area contributed by atoms with E-state index < -0.39 is 0 Å². The summed E-state index contributed by atoms with van der Waals surface area (Å²) in [6, 6.07) is 53.3. The van der Waals surface area contributed by atoms with E-state index in [1.165, 1.54) is 77.2 Å². The number of fused-ring (bicyclic) bond motifs is 4. The SMILES string of the molecule is c1cc(-c2cccc(-c3cc4c5c(cccc5c3)-c3ccccc3-4)c2)cc(-c2ccc3ccccc3c2)c1. The predicted octanol–water partition coefficient (Wildman–Crippen LogP) is 10.6. The second kappa shape index (κ2) is 8.30. The normalized spacial score (nSPS) is 11.7. The first-order chi connectivity index (χ1) is 18.8. The van der Waals surface area contributed by atoms with E-state index in [9.17, 15) is 0 Å². The fourth-order valence-electron chi connectivity index (χ4n) is 6.11. The quantitative estimate of drug-likeness (QED) is 0.236. The van der Waals surface area contributed by atoms with Gasteiger partial charge in [-0.2, -0.15) is 0 Å². The Kier molecular flexibility index (Phi) is 4.62. The van der Waals surface area contributed by atoms with Crippen molar-refractivity contribution in [3.05, 3.63) is 146 Å². The van der Waals surface area contributed by atoms with Gasteiger partial charge in [0.25, 0.3) is 0 Å². The minimum atomic E-state index is 1.23. The highest BCUT2D eigenvalue weighted by Gasteiger charge is 2.21. The van der Waals surface area contributed by atoms with Gasteiger partial charge in [-0.1, -0.05) is 115 Å². The van der Waals surface area contributed by atoms with Gasteiger partial charge in [0.1, 0.15) is 0 Å². The molecular weight excluding hydrogens is 456 g/mol. The Morgan fingerprint density at radius 1 is 0.237 bits per heavy atom. The van der Waals surface area contributed by atoms with Gasteiger partial charge >= 0.3 is 0 Å². The molecule has 38 heavy (non-hydrogen) atoms. The van der Waals surface area contributed by atoms with Gasteiger partial charge in [0.2, 0.25) is 0 Å². The van der Waals surface area contributed by atoms with E-state index in [4.69, 9.17) is 0 Å². The molecule has 7 aromatic carbocycles. The van der Waals surface area contributed by atoms with Crippen molar-refractivity contribution >= 4 is 21.5 Å². The number of rotatable bonds is 3. The van der Waals surface area contributed by atoms with Gasteiger partial charge < -0.3 is 0 Å². The lowest BCUT2D eigenvalue weighted by Crippen LogP contribution is -1.85. The van der Waals surface area contributed by atoms with Crippen molar-refractivity contribution in [1.82, 2.24) is 0 Å². The van der Waals surface area contributed by atoms with Crippen LogP contribution in [0.1, 0.15) is 0 Å². The van der Waals surface area contributed by atoms with Crippen LogP contribution in [0.4, 0.5) is 0 Å². The van der Waals surface area contributed by atoms with E-state index in [-0.39, 0.29) is 0 Å². The molecule has 8 rings (SSSR count). The Labute approximate surface area is 222 Å². The van der Waals surface area contributed by atoms with E-state index in [1.807, 2.05) is 0 Å². The maximum Gasteiger partial charge on any atom is -0.00259 e. The van der Waals surface area contributed by atoms with Crippen LogP contribution in [0.3, 0.4) is 0 Å². The van der Waals surface area contributed by atoms with Crippen LogP contribution in [-0.2, 0) is 0 Å². The molecule has 176 valence electrons. The summed E-state index contributed by atoms with van der Waals surface area (Å²) in [4.78, 5) is 0. The monoisotopic (exact) mass is 480 g/mol. The van der Waals surface area contributed by atoms with Crippen molar-refractivity contribution in [1.29, 1.82) is 0 Å². The molecule has 0 saturated heterocycles. The summed E-state index contributed by atoms with van der Waals surface area (Å²) in [5, 5.41) is 5.21. The third-order valence-electron chi connectivity index (χ3n) is 7.96. The molecule has 7 aromatic rings. The van der Waals surface area contributed by atoms with Crippen LogP contribution in [0.2, 0.25) is 0 Å². The lowest BCUT2D eigenvalue weighted by molar-refractivity contribution is 1.59. The average molecular weight is 481 g/mol. The Morgan fingerprint density at radius 2 is 0.737 bits per heavy atom. The van der Waals surface area contributed by atoms with Gasteiger partial charge in [-0.15, -0.1) is 0 Å². The Balaban J connectivity index is 1.22. The lowest BCUT2D eigenvalue weighted by atomic mass is 9.93. The van der Waals surface area contributed by atoms with E-state index in [0.29, 0.717) is 0 Å². The molecule has 0 spiro atoms. The molecular formula is C38H24. The van der Waals surface area contributed by atoms with Crippen molar-refractivity contribution in [3.63, 3.8) is 0 Å². The predicted molar refractivity (Wildman–Crippen MR) is 162 cm³/mol. The summed E-state index contributed by atoms with van der Waals surface area (Å²) in [6.07, 6.45) is 0. The first kappa shape index (κ1) is 21.2. The van der Waals surface area contributed by atoms with Crippen molar-refractivity contribution in [2.24, 2.45) is 0 Å². The highest BCUT2D eigenvalue weighted by molar-refractivity contribution is 6.16. The number of hydrogen-bond donors (Lipinski definition) is 0. The molecule has 0 heterocycles. The van der Waals surface area contributed by atoms with Crippen LogP contribution in [0.15, 0.2) is 146 Å². The molecule has 0 saturated carbocycles. The molecule has 0 amide bonds. The van der Waals surface area contributed by atoms with Crippen LogP contribution in [0, 0.1) is 0 Å². The van der Waals surface area contributed by atoms with E-state index in [0.717, 1.165) is 0 Å². The third kappa shape index (κ3) is 3.31. The largest absolute Gasteiger partial charge is 0.0616 e. The molecule has 0 bridgehead atoms. The molecule has 0 aromatic heterocycles. The van der Waals surface area contributed by atoms with Crippen LogP contribution in [0.5, 0.6) is 0 Å². The van der Waals surface area contributed by atoms with Gasteiger partial charge in [-0.25, -0.2) is 0 Å². The van der Waals surface area contributed by atoms with Gasteiger partial charge in [-0.3, -0.25) is 0 Å². The first-order valence-corrected chi connectivity index (χ1v) is 13.2. The molecule has 1 aliphatic rings. The van der Waals surface area contributed by atoms with Crippen LogP contribution < -0.4 is 0 Å². The maximum atomic E-state index is 2.38. The van der Waals surface area contributed by atoms with E-state index >= 15 is 0 Å². The summed E-state index contributed by atoms with van der Waals surface area (Å²) < 4.78 is 0. The summed E-state index contributed by atoms with van der Waals surface area (Å²) in [6.45, 7) is 0. The number of hydrogen-bond acceptors (Lipinski definition) is 0.